The molecule has 2 atom stereocenters. The maximum absolute atomic E-state index is 11.1. The second-order valence-electron chi connectivity index (χ2n) is 3.15. The van der Waals surface area contributed by atoms with Gasteiger partial charge in [-0.3, -0.25) is 9.59 Å². The Balaban J connectivity index is 2.66. The Kier molecular flexibility index (Phi) is 1.88. The van der Waals surface area contributed by atoms with Gasteiger partial charge >= 0.3 is 0 Å². The molecular formula is C8H12O2. The predicted molar refractivity (Wildman–Crippen MR) is 37.6 cm³/mol. The zero-order valence-corrected chi connectivity index (χ0v) is 6.39. The molecule has 10 heavy (non-hydrogen) atoms. The molecule has 0 aromatic rings. The summed E-state index contributed by atoms with van der Waals surface area (Å²) in [6.07, 6.45) is 0.923. The molecule has 0 heterocycles. The van der Waals surface area contributed by atoms with Gasteiger partial charge in [0, 0.05) is 24.7 Å². The maximum atomic E-state index is 11.1. The fourth-order valence-electron chi connectivity index (χ4n) is 1.45. The Morgan fingerprint density at radius 3 is 1.90 bits per heavy atom. The Hall–Kier alpha value is -0.660. The van der Waals surface area contributed by atoms with Crippen LogP contribution in [0.4, 0.5) is 0 Å². The van der Waals surface area contributed by atoms with Crippen molar-refractivity contribution < 1.29 is 9.59 Å². The lowest BCUT2D eigenvalue weighted by Gasteiger charge is -2.20. The molecular weight excluding hydrogens is 128 g/mol. The Morgan fingerprint density at radius 1 is 1.10 bits per heavy atom. The molecule has 0 bridgehead atoms. The molecule has 56 valence electrons. The molecule has 1 aliphatic rings. The van der Waals surface area contributed by atoms with E-state index < -0.39 is 0 Å². The van der Waals surface area contributed by atoms with E-state index in [4.69, 9.17) is 0 Å². The van der Waals surface area contributed by atoms with E-state index in [1.54, 1.807) is 0 Å². The van der Waals surface area contributed by atoms with E-state index in [1.165, 1.54) is 0 Å². The van der Waals surface area contributed by atoms with Gasteiger partial charge in [-0.15, -0.1) is 0 Å². The van der Waals surface area contributed by atoms with Crippen LogP contribution in [0.15, 0.2) is 0 Å². The predicted octanol–water partition coefficient (Wildman–Crippen LogP) is 1.19. The third-order valence-corrected chi connectivity index (χ3v) is 2.04. The van der Waals surface area contributed by atoms with Gasteiger partial charge in [0.2, 0.25) is 0 Å². The minimum atomic E-state index is -0.0313. The highest BCUT2D eigenvalue weighted by molar-refractivity contribution is 5.95. The van der Waals surface area contributed by atoms with Crippen molar-refractivity contribution in [1.82, 2.24) is 0 Å². The molecule has 1 rings (SSSR count). The highest BCUT2D eigenvalue weighted by Crippen LogP contribution is 2.21. The third kappa shape index (κ3) is 1.25. The molecule has 1 saturated carbocycles. The second kappa shape index (κ2) is 2.52. The Morgan fingerprint density at radius 2 is 1.50 bits per heavy atom. The summed E-state index contributed by atoms with van der Waals surface area (Å²) >= 11 is 0. The lowest BCUT2D eigenvalue weighted by atomic mass is 9.81. The van der Waals surface area contributed by atoms with Gasteiger partial charge in [-0.1, -0.05) is 13.8 Å². The topological polar surface area (TPSA) is 34.1 Å². The van der Waals surface area contributed by atoms with Crippen LogP contribution >= 0.6 is 0 Å². The molecule has 1 aliphatic carbocycles. The van der Waals surface area contributed by atoms with Crippen LogP contribution in [0.1, 0.15) is 26.7 Å². The van der Waals surface area contributed by atoms with Gasteiger partial charge in [-0.2, -0.15) is 0 Å². The summed E-state index contributed by atoms with van der Waals surface area (Å²) in [6, 6.07) is 0. The summed E-state index contributed by atoms with van der Waals surface area (Å²) in [4.78, 5) is 22.0. The standard InChI is InChI=1S/C8H12O2/c1-5-3-7(9)4-6(2)8(5)10/h5-6H,3-4H2,1-2H3/t5-,6+. The van der Waals surface area contributed by atoms with Gasteiger partial charge in [0.15, 0.2) is 0 Å². The highest BCUT2D eigenvalue weighted by atomic mass is 16.1. The van der Waals surface area contributed by atoms with E-state index in [0.717, 1.165) is 0 Å². The van der Waals surface area contributed by atoms with Gasteiger partial charge in [0.05, 0.1) is 0 Å². The smallest absolute Gasteiger partial charge is 0.139 e. The number of carbonyl (C=O) groups excluding carboxylic acids is 2. The molecule has 0 spiro atoms. The SMILES string of the molecule is C[C@@H]1CC(=O)C[C@H](C)C1=O. The molecule has 2 heteroatoms. The van der Waals surface area contributed by atoms with Gasteiger partial charge in [0.1, 0.15) is 11.6 Å². The van der Waals surface area contributed by atoms with Crippen LogP contribution in [0, 0.1) is 11.8 Å². The minimum absolute atomic E-state index is 0.0313. The van der Waals surface area contributed by atoms with Crippen LogP contribution in [-0.2, 0) is 9.59 Å². The fourth-order valence-corrected chi connectivity index (χ4v) is 1.45. The van der Waals surface area contributed by atoms with Crippen molar-refractivity contribution in [2.45, 2.75) is 26.7 Å². The first kappa shape index (κ1) is 7.45. The lowest BCUT2D eigenvalue weighted by molar-refractivity contribution is -0.136. The van der Waals surface area contributed by atoms with Crippen molar-refractivity contribution >= 4 is 11.6 Å². The van der Waals surface area contributed by atoms with Crippen molar-refractivity contribution in [3.05, 3.63) is 0 Å². The molecule has 0 unspecified atom stereocenters. The van der Waals surface area contributed by atoms with Gasteiger partial charge < -0.3 is 0 Å². The van der Waals surface area contributed by atoms with Crippen molar-refractivity contribution in [1.29, 1.82) is 0 Å². The number of rotatable bonds is 0. The van der Waals surface area contributed by atoms with Crippen molar-refractivity contribution in [2.75, 3.05) is 0 Å². The van der Waals surface area contributed by atoms with E-state index in [1.807, 2.05) is 13.8 Å². The quantitative estimate of drug-likeness (QED) is 0.506. The number of Topliss-reactive ketones (excluding diaryl/α,β-unsaturated/α-hetero) is 2. The average Bonchev–Trinajstić information content (AvgIpc) is 1.82. The van der Waals surface area contributed by atoms with Crippen LogP contribution in [0.25, 0.3) is 0 Å². The van der Waals surface area contributed by atoms with E-state index in [9.17, 15) is 9.59 Å². The Labute approximate surface area is 60.6 Å². The number of ketones is 2. The molecule has 0 aromatic carbocycles. The monoisotopic (exact) mass is 140 g/mol. The van der Waals surface area contributed by atoms with E-state index in [2.05, 4.69) is 0 Å². The van der Waals surface area contributed by atoms with Gasteiger partial charge in [-0.25, -0.2) is 0 Å². The molecule has 2 nitrogen and oxygen atoms in total. The van der Waals surface area contributed by atoms with Crippen LogP contribution in [-0.4, -0.2) is 11.6 Å². The highest BCUT2D eigenvalue weighted by Gasteiger charge is 2.29. The zero-order valence-electron chi connectivity index (χ0n) is 6.39. The molecule has 0 N–H and O–H groups in total. The van der Waals surface area contributed by atoms with Gasteiger partial charge in [-0.05, 0) is 0 Å². The number of hydrogen-bond acceptors (Lipinski definition) is 2. The van der Waals surface area contributed by atoms with Crippen LogP contribution in [0.2, 0.25) is 0 Å². The van der Waals surface area contributed by atoms with Crippen LogP contribution in [0.3, 0.4) is 0 Å². The van der Waals surface area contributed by atoms with Crippen molar-refractivity contribution in [3.8, 4) is 0 Å². The summed E-state index contributed by atoms with van der Waals surface area (Å²) in [6.45, 7) is 3.66. The van der Waals surface area contributed by atoms with E-state index in [-0.39, 0.29) is 23.4 Å². The van der Waals surface area contributed by atoms with Crippen LogP contribution < -0.4 is 0 Å². The average molecular weight is 140 g/mol. The molecule has 0 aromatic heterocycles. The minimum Gasteiger partial charge on any atom is -0.300 e. The van der Waals surface area contributed by atoms with E-state index >= 15 is 0 Å². The fraction of sp³-hybridized carbons (Fsp3) is 0.750. The van der Waals surface area contributed by atoms with Crippen molar-refractivity contribution in [2.24, 2.45) is 11.8 Å². The van der Waals surface area contributed by atoms with Gasteiger partial charge in [0.25, 0.3) is 0 Å². The lowest BCUT2D eigenvalue weighted by Crippen LogP contribution is -2.29. The second-order valence-corrected chi connectivity index (χ2v) is 3.15. The molecule has 0 radical (unpaired) electrons. The van der Waals surface area contributed by atoms with Crippen LogP contribution in [0.5, 0.6) is 0 Å². The van der Waals surface area contributed by atoms with E-state index in [0.29, 0.717) is 12.8 Å². The summed E-state index contributed by atoms with van der Waals surface area (Å²) in [5, 5.41) is 0. The largest absolute Gasteiger partial charge is 0.300 e. The first-order valence-corrected chi connectivity index (χ1v) is 3.66. The molecule has 1 fully saturated rings. The molecule has 0 amide bonds. The molecule has 0 aliphatic heterocycles. The number of hydrogen-bond donors (Lipinski definition) is 0. The molecule has 0 saturated heterocycles. The summed E-state index contributed by atoms with van der Waals surface area (Å²) < 4.78 is 0. The normalized spacial score (nSPS) is 34.6. The third-order valence-electron chi connectivity index (χ3n) is 2.04. The Bertz CT molecular complexity index is 156. The first-order chi connectivity index (χ1) is 4.61. The maximum Gasteiger partial charge on any atom is 0.139 e. The first-order valence-electron chi connectivity index (χ1n) is 3.66. The van der Waals surface area contributed by atoms with Crippen molar-refractivity contribution in [3.63, 3.8) is 0 Å². The number of carbonyl (C=O) groups is 2. The summed E-state index contributed by atoms with van der Waals surface area (Å²) in [5.74, 6) is 0.423. The summed E-state index contributed by atoms with van der Waals surface area (Å²) in [5.41, 5.74) is 0. The zero-order chi connectivity index (χ0) is 7.72. The summed E-state index contributed by atoms with van der Waals surface area (Å²) in [7, 11) is 0.